The Kier molecular flexibility index (Phi) is 3.29. The average Bonchev–Trinajstić information content (AvgIpc) is 2.04. The van der Waals surface area contributed by atoms with Crippen molar-refractivity contribution in [2.45, 2.75) is 13.3 Å². The van der Waals surface area contributed by atoms with Crippen molar-refractivity contribution in [3.63, 3.8) is 0 Å². The van der Waals surface area contributed by atoms with E-state index in [9.17, 15) is 0 Å². The van der Waals surface area contributed by atoms with Crippen LogP contribution >= 0.6 is 15.9 Å². The molecule has 0 unspecified atom stereocenters. The molecule has 64 valence electrons. The summed E-state index contributed by atoms with van der Waals surface area (Å²) in [6.45, 7) is 5.90. The largest absolute Gasteiger partial charge is 0.358 e. The van der Waals surface area contributed by atoms with Gasteiger partial charge in [0, 0.05) is 16.4 Å². The van der Waals surface area contributed by atoms with Gasteiger partial charge in [-0.1, -0.05) is 13.5 Å². The monoisotopic (exact) mass is 226 g/mol. The number of allylic oxidation sites excluding steroid dienone is 1. The van der Waals surface area contributed by atoms with Gasteiger partial charge >= 0.3 is 0 Å². The van der Waals surface area contributed by atoms with Gasteiger partial charge < -0.3 is 5.32 Å². The summed E-state index contributed by atoms with van der Waals surface area (Å²) in [6.07, 6.45) is 4.44. The number of anilines is 1. The number of hydrogen-bond acceptors (Lipinski definition) is 2. The van der Waals surface area contributed by atoms with Crippen LogP contribution in [0.1, 0.15) is 13.3 Å². The molecule has 1 aromatic rings. The number of pyridine rings is 1. The first-order valence-corrected chi connectivity index (χ1v) is 4.57. The molecular weight excluding hydrogens is 216 g/mol. The van der Waals surface area contributed by atoms with Crippen LogP contribution in [0.2, 0.25) is 0 Å². The lowest BCUT2D eigenvalue weighted by Gasteiger charge is -2.06. The number of nitrogens with one attached hydrogen (secondary N) is 1. The predicted octanol–water partition coefficient (Wildman–Crippen LogP) is 3.18. The summed E-state index contributed by atoms with van der Waals surface area (Å²) in [7, 11) is 0. The normalized spacial score (nSPS) is 9.50. The topological polar surface area (TPSA) is 24.9 Å². The van der Waals surface area contributed by atoms with E-state index in [1.165, 1.54) is 0 Å². The molecule has 0 bridgehead atoms. The molecule has 0 aliphatic heterocycles. The van der Waals surface area contributed by atoms with E-state index in [2.05, 4.69) is 39.7 Å². The van der Waals surface area contributed by atoms with Crippen LogP contribution in [0.5, 0.6) is 0 Å². The summed E-state index contributed by atoms with van der Waals surface area (Å²) in [5, 5.41) is 3.15. The Morgan fingerprint density at radius 2 is 2.42 bits per heavy atom. The van der Waals surface area contributed by atoms with E-state index in [4.69, 9.17) is 0 Å². The van der Waals surface area contributed by atoms with Gasteiger partial charge in [0.25, 0.3) is 0 Å². The molecule has 0 atom stereocenters. The maximum absolute atomic E-state index is 4.02. The zero-order valence-electron chi connectivity index (χ0n) is 6.97. The SMILES string of the molecule is C=C(CC)Nc1cncc(Br)c1. The zero-order valence-corrected chi connectivity index (χ0v) is 8.56. The van der Waals surface area contributed by atoms with Crippen LogP contribution in [0.4, 0.5) is 5.69 Å². The number of rotatable bonds is 3. The Morgan fingerprint density at radius 3 is 3.00 bits per heavy atom. The van der Waals surface area contributed by atoms with Gasteiger partial charge in [-0.3, -0.25) is 4.98 Å². The summed E-state index contributed by atoms with van der Waals surface area (Å²) < 4.78 is 0.969. The molecule has 0 radical (unpaired) electrons. The number of hydrogen-bond donors (Lipinski definition) is 1. The highest BCUT2D eigenvalue weighted by molar-refractivity contribution is 9.10. The molecule has 1 aromatic heterocycles. The molecule has 0 aliphatic rings. The lowest BCUT2D eigenvalue weighted by atomic mass is 10.3. The zero-order chi connectivity index (χ0) is 8.97. The third-order valence-corrected chi connectivity index (χ3v) is 1.89. The molecule has 0 aromatic carbocycles. The van der Waals surface area contributed by atoms with E-state index >= 15 is 0 Å². The minimum Gasteiger partial charge on any atom is -0.358 e. The predicted molar refractivity (Wildman–Crippen MR) is 55.0 cm³/mol. The van der Waals surface area contributed by atoms with E-state index in [1.54, 1.807) is 12.4 Å². The van der Waals surface area contributed by atoms with Gasteiger partial charge in [0.05, 0.1) is 11.9 Å². The van der Waals surface area contributed by atoms with Gasteiger partial charge in [-0.15, -0.1) is 0 Å². The van der Waals surface area contributed by atoms with Gasteiger partial charge in [-0.2, -0.15) is 0 Å². The average molecular weight is 227 g/mol. The highest BCUT2D eigenvalue weighted by Crippen LogP contribution is 2.15. The summed E-state index contributed by atoms with van der Waals surface area (Å²) in [6, 6.07) is 1.97. The first-order chi connectivity index (χ1) is 5.72. The lowest BCUT2D eigenvalue weighted by molar-refractivity contribution is 1.11. The van der Waals surface area contributed by atoms with Crippen molar-refractivity contribution in [3.8, 4) is 0 Å². The number of halogens is 1. The quantitative estimate of drug-likeness (QED) is 0.857. The highest BCUT2D eigenvalue weighted by atomic mass is 79.9. The molecule has 12 heavy (non-hydrogen) atoms. The van der Waals surface area contributed by atoms with Crippen LogP contribution in [0.3, 0.4) is 0 Å². The third-order valence-electron chi connectivity index (χ3n) is 1.45. The number of aromatic nitrogens is 1. The van der Waals surface area contributed by atoms with Crippen LogP contribution in [0, 0.1) is 0 Å². The fourth-order valence-electron chi connectivity index (χ4n) is 0.773. The van der Waals surface area contributed by atoms with Gasteiger partial charge in [0.1, 0.15) is 0 Å². The van der Waals surface area contributed by atoms with Crippen molar-refractivity contribution in [3.05, 3.63) is 35.2 Å². The Hall–Kier alpha value is -0.830. The van der Waals surface area contributed by atoms with E-state index in [1.807, 2.05) is 6.07 Å². The molecule has 0 amide bonds. The molecule has 0 spiro atoms. The smallest absolute Gasteiger partial charge is 0.0579 e. The molecule has 3 heteroatoms. The Morgan fingerprint density at radius 1 is 1.67 bits per heavy atom. The molecule has 0 saturated carbocycles. The van der Waals surface area contributed by atoms with E-state index in [-0.39, 0.29) is 0 Å². The highest BCUT2D eigenvalue weighted by Gasteiger charge is 1.94. The van der Waals surface area contributed by atoms with Gasteiger partial charge in [0.2, 0.25) is 0 Å². The van der Waals surface area contributed by atoms with Crippen LogP contribution in [0.25, 0.3) is 0 Å². The van der Waals surface area contributed by atoms with Crippen LogP contribution < -0.4 is 5.32 Å². The maximum atomic E-state index is 4.02. The standard InChI is InChI=1S/C9H11BrN2/c1-3-7(2)12-9-4-8(10)5-11-6-9/h4-6,12H,2-3H2,1H3. The Bertz CT molecular complexity index is 284. The lowest BCUT2D eigenvalue weighted by Crippen LogP contribution is -1.96. The molecule has 2 nitrogen and oxygen atoms in total. The summed E-state index contributed by atoms with van der Waals surface area (Å²) in [5.41, 5.74) is 1.96. The van der Waals surface area contributed by atoms with Gasteiger partial charge in [-0.05, 0) is 28.4 Å². The molecule has 0 aliphatic carbocycles. The van der Waals surface area contributed by atoms with Gasteiger partial charge in [0.15, 0.2) is 0 Å². The van der Waals surface area contributed by atoms with E-state index in [0.29, 0.717) is 0 Å². The van der Waals surface area contributed by atoms with Crippen molar-refractivity contribution in [2.75, 3.05) is 5.32 Å². The first-order valence-electron chi connectivity index (χ1n) is 3.77. The van der Waals surface area contributed by atoms with Crippen molar-refractivity contribution >= 4 is 21.6 Å². The van der Waals surface area contributed by atoms with Crippen LogP contribution in [0.15, 0.2) is 35.2 Å². The summed E-state index contributed by atoms with van der Waals surface area (Å²) >= 11 is 3.34. The first kappa shape index (κ1) is 9.26. The summed E-state index contributed by atoms with van der Waals surface area (Å²) in [5.74, 6) is 0. The molecular formula is C9H11BrN2. The van der Waals surface area contributed by atoms with Crippen LogP contribution in [-0.2, 0) is 0 Å². The van der Waals surface area contributed by atoms with Crippen molar-refractivity contribution in [1.29, 1.82) is 0 Å². The fourth-order valence-corrected chi connectivity index (χ4v) is 1.14. The maximum Gasteiger partial charge on any atom is 0.0579 e. The van der Waals surface area contributed by atoms with Crippen molar-refractivity contribution < 1.29 is 0 Å². The molecule has 1 rings (SSSR count). The number of nitrogens with zero attached hydrogens (tertiary/aromatic N) is 1. The second kappa shape index (κ2) is 4.26. The fraction of sp³-hybridized carbons (Fsp3) is 0.222. The Labute approximate surface area is 80.8 Å². The van der Waals surface area contributed by atoms with Crippen molar-refractivity contribution in [2.24, 2.45) is 0 Å². The molecule has 1 N–H and O–H groups in total. The van der Waals surface area contributed by atoms with E-state index < -0.39 is 0 Å². The third kappa shape index (κ3) is 2.66. The van der Waals surface area contributed by atoms with Gasteiger partial charge in [-0.25, -0.2) is 0 Å². The molecule has 1 heterocycles. The van der Waals surface area contributed by atoms with E-state index in [0.717, 1.165) is 22.3 Å². The minimum atomic E-state index is 0.923. The summed E-state index contributed by atoms with van der Waals surface area (Å²) in [4.78, 5) is 4.02. The second-order valence-electron chi connectivity index (χ2n) is 2.47. The molecule has 0 fully saturated rings. The minimum absolute atomic E-state index is 0.923. The van der Waals surface area contributed by atoms with Crippen LogP contribution in [-0.4, -0.2) is 4.98 Å². The molecule has 0 saturated heterocycles. The Balaban J connectivity index is 2.69. The second-order valence-corrected chi connectivity index (χ2v) is 3.39. The van der Waals surface area contributed by atoms with Crippen molar-refractivity contribution in [1.82, 2.24) is 4.98 Å².